The molecular weight excluding hydrogens is 296 g/mol. The molecule has 3 atom stereocenters. The van der Waals surface area contributed by atoms with Crippen molar-refractivity contribution in [3.63, 3.8) is 0 Å². The number of terminal acetylenes is 1. The highest BCUT2D eigenvalue weighted by molar-refractivity contribution is 6.06. The molecule has 3 rings (SSSR count). The maximum absolute atomic E-state index is 12.7. The quantitative estimate of drug-likeness (QED) is 0.840. The minimum absolute atomic E-state index is 0.250. The van der Waals surface area contributed by atoms with E-state index in [2.05, 4.69) is 44.1 Å². The first-order valence-electron chi connectivity index (χ1n) is 9.10. The van der Waals surface area contributed by atoms with Gasteiger partial charge in [-0.25, -0.2) is 0 Å². The number of piperidine rings is 1. The Labute approximate surface area is 145 Å². The zero-order valence-electron chi connectivity index (χ0n) is 15.1. The summed E-state index contributed by atoms with van der Waals surface area (Å²) in [7, 11) is 0. The third kappa shape index (κ3) is 2.84. The molecular formula is C21H28N2O. The first-order chi connectivity index (χ1) is 11.5. The van der Waals surface area contributed by atoms with Crippen LogP contribution in [0.1, 0.15) is 50.2 Å². The molecule has 1 aliphatic carbocycles. The molecule has 24 heavy (non-hydrogen) atoms. The molecule has 3 nitrogen and oxygen atoms in total. The van der Waals surface area contributed by atoms with Crippen molar-refractivity contribution in [3.8, 4) is 12.3 Å². The standard InChI is InChI=1S/C21H28N2O/c1-5-20(24)23(18-11-10-15(2)16(3)14-18)21(4)19-9-7-6-8-17(19)12-13-22-21/h1,10-11,14,17,19,22H,6-9,12-13H2,2-4H3. The monoisotopic (exact) mass is 324 g/mol. The van der Waals surface area contributed by atoms with Gasteiger partial charge in [-0.1, -0.05) is 18.9 Å². The molecule has 0 aromatic heterocycles. The second-order valence-corrected chi connectivity index (χ2v) is 7.57. The highest BCUT2D eigenvalue weighted by Crippen LogP contribution is 2.44. The van der Waals surface area contributed by atoms with Crippen molar-refractivity contribution >= 4 is 11.6 Å². The van der Waals surface area contributed by atoms with Gasteiger partial charge in [0.25, 0.3) is 0 Å². The lowest BCUT2D eigenvalue weighted by Gasteiger charge is -2.53. The van der Waals surface area contributed by atoms with Crippen LogP contribution in [0.5, 0.6) is 0 Å². The number of fused-ring (bicyclic) bond motifs is 1. The zero-order valence-corrected chi connectivity index (χ0v) is 15.1. The second-order valence-electron chi connectivity index (χ2n) is 7.57. The number of nitrogens with one attached hydrogen (secondary N) is 1. The summed E-state index contributed by atoms with van der Waals surface area (Å²) in [6.07, 6.45) is 11.7. The molecule has 1 saturated carbocycles. The number of anilines is 1. The van der Waals surface area contributed by atoms with Gasteiger partial charge in [0, 0.05) is 5.69 Å². The van der Waals surface area contributed by atoms with Gasteiger partial charge in [0.05, 0.1) is 5.66 Å². The van der Waals surface area contributed by atoms with Gasteiger partial charge in [-0.15, -0.1) is 6.42 Å². The number of aryl methyl sites for hydroxylation is 2. The van der Waals surface area contributed by atoms with Crippen molar-refractivity contribution in [1.82, 2.24) is 5.32 Å². The van der Waals surface area contributed by atoms with Crippen LogP contribution in [0.2, 0.25) is 0 Å². The number of rotatable bonds is 2. The number of amides is 1. The van der Waals surface area contributed by atoms with Crippen LogP contribution in [0, 0.1) is 38.0 Å². The van der Waals surface area contributed by atoms with Gasteiger partial charge in [0.1, 0.15) is 0 Å². The Kier molecular flexibility index (Phi) is 4.69. The van der Waals surface area contributed by atoms with Crippen LogP contribution in [0.4, 0.5) is 5.69 Å². The number of benzene rings is 1. The molecule has 0 bridgehead atoms. The number of carbonyl (C=O) groups excluding carboxylic acids is 1. The summed E-state index contributed by atoms with van der Waals surface area (Å²) in [5, 5.41) is 3.65. The molecule has 1 aliphatic heterocycles. The summed E-state index contributed by atoms with van der Waals surface area (Å²) in [5.74, 6) is 3.25. The van der Waals surface area contributed by atoms with E-state index in [0.717, 1.165) is 18.7 Å². The minimum atomic E-state index is -0.408. The van der Waals surface area contributed by atoms with Crippen LogP contribution in [0.15, 0.2) is 18.2 Å². The summed E-state index contributed by atoms with van der Waals surface area (Å²) >= 11 is 0. The smallest absolute Gasteiger partial charge is 0.294 e. The summed E-state index contributed by atoms with van der Waals surface area (Å²) in [6, 6.07) is 6.19. The normalized spacial score (nSPS) is 29.4. The highest BCUT2D eigenvalue weighted by atomic mass is 16.2. The molecule has 1 aromatic carbocycles. The van der Waals surface area contributed by atoms with E-state index in [4.69, 9.17) is 6.42 Å². The molecule has 0 spiro atoms. The molecule has 3 unspecified atom stereocenters. The van der Waals surface area contributed by atoms with Crippen molar-refractivity contribution < 1.29 is 4.79 Å². The molecule has 1 saturated heterocycles. The fraction of sp³-hybridized carbons (Fsp3) is 0.571. The van der Waals surface area contributed by atoms with Gasteiger partial charge >= 0.3 is 5.91 Å². The van der Waals surface area contributed by atoms with Crippen LogP contribution < -0.4 is 10.2 Å². The number of nitrogens with zero attached hydrogens (tertiary/aromatic N) is 1. The molecule has 2 fully saturated rings. The summed E-state index contributed by atoms with van der Waals surface area (Å²) < 4.78 is 0. The molecule has 128 valence electrons. The first-order valence-corrected chi connectivity index (χ1v) is 9.10. The van der Waals surface area contributed by atoms with E-state index in [9.17, 15) is 4.79 Å². The third-order valence-electron chi connectivity index (χ3n) is 6.17. The van der Waals surface area contributed by atoms with Crippen LogP contribution in [-0.2, 0) is 4.79 Å². The summed E-state index contributed by atoms with van der Waals surface area (Å²) in [5.41, 5.74) is 2.91. The van der Waals surface area contributed by atoms with E-state index in [1.54, 1.807) is 0 Å². The maximum Gasteiger partial charge on any atom is 0.304 e. The largest absolute Gasteiger partial charge is 0.304 e. The Morgan fingerprint density at radius 3 is 2.71 bits per heavy atom. The van der Waals surface area contributed by atoms with Crippen LogP contribution in [0.3, 0.4) is 0 Å². The Morgan fingerprint density at radius 1 is 1.25 bits per heavy atom. The molecule has 3 heteroatoms. The van der Waals surface area contributed by atoms with Crippen molar-refractivity contribution in [2.45, 2.75) is 58.5 Å². The van der Waals surface area contributed by atoms with Gasteiger partial charge in [0.15, 0.2) is 0 Å². The molecule has 2 aliphatic rings. The fourth-order valence-corrected chi connectivity index (χ4v) is 4.71. The number of hydrogen-bond acceptors (Lipinski definition) is 2. The lowest BCUT2D eigenvalue weighted by molar-refractivity contribution is -0.116. The van der Waals surface area contributed by atoms with Gasteiger partial charge in [-0.3, -0.25) is 15.0 Å². The Bertz CT molecular complexity index is 673. The topological polar surface area (TPSA) is 32.3 Å². The van der Waals surface area contributed by atoms with Crippen molar-refractivity contribution in [1.29, 1.82) is 0 Å². The SMILES string of the molecule is C#CC(=O)N(c1ccc(C)c(C)c1)C1(C)NCCC2CCCCC21. The van der Waals surface area contributed by atoms with E-state index in [1.165, 1.54) is 36.8 Å². The van der Waals surface area contributed by atoms with Crippen molar-refractivity contribution in [2.75, 3.05) is 11.4 Å². The molecule has 0 radical (unpaired) electrons. The molecule has 1 heterocycles. The van der Waals surface area contributed by atoms with Gasteiger partial charge < -0.3 is 0 Å². The molecule has 1 aromatic rings. The lowest BCUT2D eigenvalue weighted by Crippen LogP contribution is -2.68. The van der Waals surface area contributed by atoms with E-state index < -0.39 is 5.66 Å². The first kappa shape index (κ1) is 17.0. The summed E-state index contributed by atoms with van der Waals surface area (Å²) in [6.45, 7) is 7.28. The highest BCUT2D eigenvalue weighted by Gasteiger charge is 2.48. The average molecular weight is 324 g/mol. The van der Waals surface area contributed by atoms with Crippen LogP contribution >= 0.6 is 0 Å². The Balaban J connectivity index is 2.05. The van der Waals surface area contributed by atoms with Gasteiger partial charge in [0.2, 0.25) is 0 Å². The van der Waals surface area contributed by atoms with Crippen LogP contribution in [0.25, 0.3) is 0 Å². The second kappa shape index (κ2) is 6.61. The minimum Gasteiger partial charge on any atom is -0.294 e. The van der Waals surface area contributed by atoms with Crippen LogP contribution in [-0.4, -0.2) is 18.1 Å². The van der Waals surface area contributed by atoms with E-state index in [1.807, 2.05) is 11.0 Å². The predicted molar refractivity (Wildman–Crippen MR) is 98.7 cm³/mol. The zero-order chi connectivity index (χ0) is 17.3. The van der Waals surface area contributed by atoms with Gasteiger partial charge in [-0.2, -0.15) is 0 Å². The Hall–Kier alpha value is -1.79. The fourth-order valence-electron chi connectivity index (χ4n) is 4.71. The van der Waals surface area contributed by atoms with Crippen molar-refractivity contribution in [3.05, 3.63) is 29.3 Å². The average Bonchev–Trinajstić information content (AvgIpc) is 2.58. The van der Waals surface area contributed by atoms with Crippen molar-refractivity contribution in [2.24, 2.45) is 11.8 Å². The number of hydrogen-bond donors (Lipinski definition) is 1. The predicted octanol–water partition coefficient (Wildman–Crippen LogP) is 3.79. The Morgan fingerprint density at radius 2 is 2.00 bits per heavy atom. The molecule has 1 amide bonds. The lowest BCUT2D eigenvalue weighted by atomic mass is 9.68. The molecule has 1 N–H and O–H groups in total. The van der Waals surface area contributed by atoms with Gasteiger partial charge in [-0.05, 0) is 87.6 Å². The third-order valence-corrected chi connectivity index (χ3v) is 6.17. The maximum atomic E-state index is 12.7. The number of carbonyl (C=O) groups is 1. The van der Waals surface area contributed by atoms with E-state index in [-0.39, 0.29) is 5.91 Å². The van der Waals surface area contributed by atoms with E-state index >= 15 is 0 Å². The summed E-state index contributed by atoms with van der Waals surface area (Å²) in [4.78, 5) is 14.6. The van der Waals surface area contributed by atoms with E-state index in [0.29, 0.717) is 11.8 Å².